The van der Waals surface area contributed by atoms with Gasteiger partial charge in [0, 0.05) is 60.2 Å². The van der Waals surface area contributed by atoms with E-state index in [1.165, 1.54) is 12.1 Å². The highest BCUT2D eigenvalue weighted by atomic mass is 32.2. The van der Waals surface area contributed by atoms with Gasteiger partial charge in [-0.1, -0.05) is 133 Å². The van der Waals surface area contributed by atoms with Crippen molar-refractivity contribution in [1.82, 2.24) is 13.7 Å². The molecule has 73 heavy (non-hydrogen) atoms. The Labute approximate surface area is 418 Å². The van der Waals surface area contributed by atoms with E-state index in [1.807, 2.05) is 19.1 Å². The second kappa shape index (κ2) is 15.3. The number of nitrogens with zero attached hydrogens (tertiary/aromatic N) is 4. The fraction of sp³-hybridized carbons (Fsp3) is 0.0152. The third-order valence-corrected chi connectivity index (χ3v) is 17.0. The van der Waals surface area contributed by atoms with Crippen LogP contribution in [0.2, 0.25) is 0 Å². The van der Waals surface area contributed by atoms with Crippen molar-refractivity contribution >= 4 is 118 Å². The quantitative estimate of drug-likeness (QED) is 0.173. The normalized spacial score (nSPS) is 12.3. The van der Waals surface area contributed by atoms with Gasteiger partial charge in [0.1, 0.15) is 0 Å². The highest BCUT2D eigenvalue weighted by Crippen LogP contribution is 2.53. The number of rotatable bonds is 5. The van der Waals surface area contributed by atoms with Crippen LogP contribution in [-0.4, -0.2) is 22.1 Å². The van der Waals surface area contributed by atoms with Crippen LogP contribution in [0.5, 0.6) is 0 Å². The zero-order valence-corrected chi connectivity index (χ0v) is 40.2. The fourth-order valence-corrected chi connectivity index (χ4v) is 13.5. The van der Waals surface area contributed by atoms with Gasteiger partial charge >= 0.3 is 0 Å². The highest BCUT2D eigenvalue weighted by Gasteiger charge is 2.31. The van der Waals surface area contributed by atoms with Crippen LogP contribution in [0.3, 0.4) is 0 Å². The number of para-hydroxylation sites is 2. The van der Waals surface area contributed by atoms with E-state index in [1.54, 1.807) is 18.2 Å². The predicted octanol–water partition coefficient (Wildman–Crippen LogP) is 16.6. The van der Waals surface area contributed by atoms with Gasteiger partial charge in [-0.15, -0.1) is 0 Å². The van der Waals surface area contributed by atoms with Gasteiger partial charge < -0.3 is 13.7 Å². The number of benzene rings is 12. The summed E-state index contributed by atoms with van der Waals surface area (Å²) in [6, 6.07) is 79.6. The molecule has 0 amide bonds. The maximum atomic E-state index is 14.5. The monoisotopic (exact) mass is 952 g/mol. The third-order valence-electron chi connectivity index (χ3n) is 15.3. The summed E-state index contributed by atoms with van der Waals surface area (Å²) < 4.78 is 36.4. The van der Waals surface area contributed by atoms with Crippen molar-refractivity contribution < 1.29 is 8.42 Å². The molecular weight excluding hydrogens is 913 g/mol. The Kier molecular flexibility index (Phi) is 8.64. The van der Waals surface area contributed by atoms with Gasteiger partial charge in [0.25, 0.3) is 0 Å². The van der Waals surface area contributed by atoms with Gasteiger partial charge in [-0.25, -0.2) is 8.42 Å². The maximum absolute atomic E-state index is 14.5. The summed E-state index contributed by atoms with van der Waals surface area (Å²) in [5, 5.41) is 25.4. The number of aryl methyl sites for hydroxylation is 1. The molecule has 0 aliphatic heterocycles. The zero-order valence-electron chi connectivity index (χ0n) is 39.4. The van der Waals surface area contributed by atoms with Crippen molar-refractivity contribution in [3.05, 3.63) is 236 Å². The molecule has 0 spiro atoms. The topological polar surface area (TPSA) is 72.7 Å². The molecule has 0 unspecified atom stereocenters. The second-order valence-electron chi connectivity index (χ2n) is 19.2. The number of aromatic nitrogens is 3. The van der Waals surface area contributed by atoms with Gasteiger partial charge in [-0.2, -0.15) is 5.26 Å². The van der Waals surface area contributed by atoms with Crippen LogP contribution in [0.25, 0.3) is 126 Å². The summed E-state index contributed by atoms with van der Waals surface area (Å²) in [4.78, 5) is 0.323. The first-order chi connectivity index (χ1) is 35.9. The van der Waals surface area contributed by atoms with Crippen LogP contribution >= 0.6 is 0 Å². The van der Waals surface area contributed by atoms with Crippen molar-refractivity contribution in [3.8, 4) is 23.1 Å². The van der Waals surface area contributed by atoms with Crippen LogP contribution in [0.15, 0.2) is 234 Å². The lowest BCUT2D eigenvalue weighted by Gasteiger charge is -2.16. The molecule has 0 atom stereocenters. The van der Waals surface area contributed by atoms with Crippen molar-refractivity contribution in [2.75, 3.05) is 0 Å². The summed E-state index contributed by atoms with van der Waals surface area (Å²) in [6.45, 7) is 2.03. The second-order valence-corrected chi connectivity index (χ2v) is 21.1. The molecule has 0 radical (unpaired) electrons. The molecule has 0 aliphatic rings. The number of fused-ring (bicyclic) bond motifs is 19. The first-order valence-corrected chi connectivity index (χ1v) is 26.0. The Morgan fingerprint density at radius 2 is 0.781 bits per heavy atom. The number of hydrogen-bond donors (Lipinski definition) is 0. The summed E-state index contributed by atoms with van der Waals surface area (Å²) in [5.74, 6) is 0. The van der Waals surface area contributed by atoms with Crippen LogP contribution in [-0.2, 0) is 9.84 Å². The van der Waals surface area contributed by atoms with Crippen LogP contribution in [0, 0.1) is 18.3 Å². The molecule has 0 bridgehead atoms. The average molecular weight is 953 g/mol. The molecule has 3 aromatic heterocycles. The van der Waals surface area contributed by atoms with E-state index < -0.39 is 9.84 Å². The molecule has 0 fully saturated rings. The predicted molar refractivity (Wildman–Crippen MR) is 301 cm³/mol. The molecule has 0 N–H and O–H groups in total. The molecule has 7 heteroatoms. The Hall–Kier alpha value is -9.48. The SMILES string of the molecule is Cc1cc(S(=O)(=O)c2ccc(C#N)cc2)ccc1-n1c2c(c3ccccc3c3c2c2cc4ccccc4cc2n3-c2ccccc2)c2c3ccccc3c3c(c4cc5ccccc5cc4n3-c3ccccc3)c21. The molecule has 15 aromatic rings. The minimum absolute atomic E-state index is 0.138. The van der Waals surface area contributed by atoms with Crippen LogP contribution in [0.1, 0.15) is 11.1 Å². The molecule has 0 aliphatic carbocycles. The molecule has 12 aromatic carbocycles. The summed E-state index contributed by atoms with van der Waals surface area (Å²) >= 11 is 0. The van der Waals surface area contributed by atoms with Gasteiger partial charge in [-0.05, 0) is 136 Å². The largest absolute Gasteiger partial charge is 0.309 e. The standard InChI is InChI=1S/C66H40N4O2S/c1-40-34-49(73(71,72)48-30-28-41(39-67)29-31-48)32-33-56(40)70-65-59(50-24-12-14-26-52(50)63-61(65)54-35-42-16-8-10-18-44(42)37-57(54)68(63)46-20-4-2-5-21-46)60-51-25-13-15-27-53(51)64-62(66(60)70)55-36-43-17-9-11-19-45(43)38-58(55)69(64)47-22-6-3-7-23-47/h2-38H,1H3. The van der Waals surface area contributed by atoms with Crippen molar-refractivity contribution in [3.63, 3.8) is 0 Å². The first-order valence-electron chi connectivity index (χ1n) is 24.5. The lowest BCUT2D eigenvalue weighted by Crippen LogP contribution is -2.05. The fourth-order valence-electron chi connectivity index (χ4n) is 12.1. The number of sulfone groups is 1. The zero-order chi connectivity index (χ0) is 48.7. The number of hydrogen-bond acceptors (Lipinski definition) is 3. The van der Waals surface area contributed by atoms with Gasteiger partial charge in [0.05, 0.1) is 54.5 Å². The van der Waals surface area contributed by atoms with E-state index >= 15 is 0 Å². The van der Waals surface area contributed by atoms with Crippen molar-refractivity contribution in [1.29, 1.82) is 5.26 Å². The minimum atomic E-state index is -3.96. The summed E-state index contributed by atoms with van der Waals surface area (Å²) in [7, 11) is -3.96. The maximum Gasteiger partial charge on any atom is 0.206 e. The summed E-state index contributed by atoms with van der Waals surface area (Å²) in [5.41, 5.74) is 10.7. The number of nitriles is 1. The van der Waals surface area contributed by atoms with Crippen molar-refractivity contribution in [2.45, 2.75) is 16.7 Å². The van der Waals surface area contributed by atoms with E-state index in [4.69, 9.17) is 0 Å². The van der Waals surface area contributed by atoms with Crippen LogP contribution in [0.4, 0.5) is 0 Å². The molecule has 0 saturated heterocycles. The lowest BCUT2D eigenvalue weighted by molar-refractivity contribution is 0.596. The van der Waals surface area contributed by atoms with E-state index in [9.17, 15) is 13.7 Å². The van der Waals surface area contributed by atoms with E-state index in [2.05, 4.69) is 202 Å². The van der Waals surface area contributed by atoms with Gasteiger partial charge in [0.2, 0.25) is 9.84 Å². The van der Waals surface area contributed by atoms with Crippen molar-refractivity contribution in [2.24, 2.45) is 0 Å². The molecule has 342 valence electrons. The Balaban J connectivity index is 1.24. The van der Waals surface area contributed by atoms with Gasteiger partial charge in [0.15, 0.2) is 0 Å². The van der Waals surface area contributed by atoms with Crippen LogP contribution < -0.4 is 0 Å². The van der Waals surface area contributed by atoms with E-state index in [-0.39, 0.29) is 9.79 Å². The van der Waals surface area contributed by atoms with E-state index in [0.29, 0.717) is 5.56 Å². The van der Waals surface area contributed by atoms with Gasteiger partial charge in [-0.3, -0.25) is 0 Å². The Morgan fingerprint density at radius 1 is 0.370 bits per heavy atom. The molecule has 3 heterocycles. The smallest absolute Gasteiger partial charge is 0.206 e. The third kappa shape index (κ3) is 5.75. The molecular formula is C66H40N4O2S. The highest BCUT2D eigenvalue weighted by molar-refractivity contribution is 7.91. The molecule has 0 saturated carbocycles. The minimum Gasteiger partial charge on any atom is -0.309 e. The van der Waals surface area contributed by atoms with E-state index in [0.717, 1.165) is 131 Å². The molecule has 15 rings (SSSR count). The summed E-state index contributed by atoms with van der Waals surface area (Å²) in [6.07, 6.45) is 0. The first kappa shape index (κ1) is 41.3. The molecule has 6 nitrogen and oxygen atoms in total. The Morgan fingerprint density at radius 3 is 1.23 bits per heavy atom. The Bertz CT molecular complexity index is 4790. The lowest BCUT2D eigenvalue weighted by atomic mass is 9.95. The average Bonchev–Trinajstić information content (AvgIpc) is 4.08.